The Morgan fingerprint density at radius 1 is 1.14 bits per heavy atom. The molecule has 0 saturated carbocycles. The fraction of sp³-hybridized carbons (Fsp3) is 0.458. The Kier molecular flexibility index (Phi) is 7.49. The highest BCUT2D eigenvalue weighted by Crippen LogP contribution is 2.26. The van der Waals surface area contributed by atoms with Crippen LogP contribution in [0, 0.1) is 5.92 Å². The number of benzene rings is 2. The van der Waals surface area contributed by atoms with Crippen molar-refractivity contribution in [2.45, 2.75) is 38.6 Å². The fourth-order valence-corrected chi connectivity index (χ4v) is 3.86. The molecule has 0 aromatic heterocycles. The van der Waals surface area contributed by atoms with Crippen molar-refractivity contribution in [2.75, 3.05) is 26.7 Å². The summed E-state index contributed by atoms with van der Waals surface area (Å²) in [5.41, 5.74) is 2.41. The fourth-order valence-electron chi connectivity index (χ4n) is 3.86. The van der Waals surface area contributed by atoms with E-state index in [1.807, 2.05) is 30.3 Å². The average Bonchev–Trinajstić information content (AvgIpc) is 2.74. The molecule has 0 spiro atoms. The van der Waals surface area contributed by atoms with Crippen LogP contribution >= 0.6 is 0 Å². The molecule has 1 atom stereocenters. The quantitative estimate of drug-likeness (QED) is 0.746. The highest BCUT2D eigenvalue weighted by Gasteiger charge is 2.24. The molecule has 4 nitrogen and oxygen atoms in total. The zero-order chi connectivity index (χ0) is 19.8. The Morgan fingerprint density at radius 3 is 2.61 bits per heavy atom. The van der Waals surface area contributed by atoms with Crippen molar-refractivity contribution in [2.24, 2.45) is 5.92 Å². The first-order chi connectivity index (χ1) is 13.7. The lowest BCUT2D eigenvalue weighted by Crippen LogP contribution is -2.42. The minimum atomic E-state index is 0.106. The summed E-state index contributed by atoms with van der Waals surface area (Å²) < 4.78 is 5.26. The van der Waals surface area contributed by atoms with Gasteiger partial charge in [-0.05, 0) is 61.5 Å². The number of nitrogens with zero attached hydrogens (tertiary/aromatic N) is 1. The Morgan fingerprint density at radius 2 is 1.89 bits per heavy atom. The van der Waals surface area contributed by atoms with Gasteiger partial charge >= 0.3 is 0 Å². The molecule has 2 aromatic carbocycles. The van der Waals surface area contributed by atoms with Crippen LogP contribution in [0.1, 0.15) is 43.4 Å². The van der Waals surface area contributed by atoms with Gasteiger partial charge in [0.05, 0.1) is 13.2 Å². The minimum Gasteiger partial charge on any atom is -0.497 e. The number of nitrogens with one attached hydrogen (secondary N) is 1. The Hall–Kier alpha value is -2.33. The van der Waals surface area contributed by atoms with Gasteiger partial charge in [-0.3, -0.25) is 9.69 Å². The molecule has 0 aliphatic carbocycles. The lowest BCUT2D eigenvalue weighted by molar-refractivity contribution is -0.121. The molecule has 0 radical (unpaired) electrons. The molecule has 1 N–H and O–H groups in total. The van der Waals surface area contributed by atoms with E-state index in [0.717, 1.165) is 36.7 Å². The molecule has 28 heavy (non-hydrogen) atoms. The van der Waals surface area contributed by atoms with E-state index in [1.165, 1.54) is 18.4 Å². The van der Waals surface area contributed by atoms with Gasteiger partial charge in [0.1, 0.15) is 5.75 Å². The van der Waals surface area contributed by atoms with E-state index in [0.29, 0.717) is 13.0 Å². The van der Waals surface area contributed by atoms with Crippen molar-refractivity contribution in [3.05, 3.63) is 65.7 Å². The second-order valence-corrected chi connectivity index (χ2v) is 7.80. The molecule has 2 aromatic rings. The predicted octanol–water partition coefficient (Wildman–Crippen LogP) is 4.22. The van der Waals surface area contributed by atoms with E-state index < -0.39 is 0 Å². The Bertz CT molecular complexity index is 739. The Labute approximate surface area is 168 Å². The van der Waals surface area contributed by atoms with Crippen LogP contribution in [0.25, 0.3) is 0 Å². The normalized spacial score (nSPS) is 16.5. The first kappa shape index (κ1) is 20.4. The molecular formula is C24H32N2O2. The number of aryl methyl sites for hydroxylation is 1. The van der Waals surface area contributed by atoms with Crippen molar-refractivity contribution in [3.63, 3.8) is 0 Å². The molecule has 0 bridgehead atoms. The summed E-state index contributed by atoms with van der Waals surface area (Å²) in [7, 11) is 1.66. The first-order valence-electron chi connectivity index (χ1n) is 10.3. The van der Waals surface area contributed by atoms with Gasteiger partial charge in [0.25, 0.3) is 0 Å². The molecule has 1 fully saturated rings. The van der Waals surface area contributed by atoms with Crippen LogP contribution in [-0.4, -0.2) is 37.6 Å². The number of likely N-dealkylation sites (tertiary alicyclic amines) is 1. The summed E-state index contributed by atoms with van der Waals surface area (Å²) in [6.45, 7) is 5.19. The summed E-state index contributed by atoms with van der Waals surface area (Å²) in [6.07, 6.45) is 3.67. The van der Waals surface area contributed by atoms with E-state index in [1.54, 1.807) is 7.11 Å². The van der Waals surface area contributed by atoms with Crippen LogP contribution in [0.3, 0.4) is 0 Å². The van der Waals surface area contributed by atoms with Crippen LogP contribution in [0.5, 0.6) is 5.75 Å². The zero-order valence-corrected chi connectivity index (χ0v) is 17.1. The maximum Gasteiger partial charge on any atom is 0.220 e. The molecule has 1 aliphatic heterocycles. The van der Waals surface area contributed by atoms with Gasteiger partial charge in [-0.1, -0.05) is 49.4 Å². The van der Waals surface area contributed by atoms with Crippen molar-refractivity contribution in [1.82, 2.24) is 10.2 Å². The maximum atomic E-state index is 12.5. The molecule has 150 valence electrons. The van der Waals surface area contributed by atoms with E-state index in [9.17, 15) is 4.79 Å². The predicted molar refractivity (Wildman–Crippen MR) is 113 cm³/mol. The highest BCUT2D eigenvalue weighted by atomic mass is 16.5. The SMILES string of the molecule is COc1cccc(CCC(=O)NCC(c2ccccc2)N2CCC(C)CC2)c1. The van der Waals surface area contributed by atoms with Gasteiger partial charge in [-0.15, -0.1) is 0 Å². The van der Waals surface area contributed by atoms with Crippen molar-refractivity contribution >= 4 is 5.91 Å². The number of hydrogen-bond acceptors (Lipinski definition) is 3. The highest BCUT2D eigenvalue weighted by molar-refractivity contribution is 5.76. The average molecular weight is 381 g/mol. The number of methoxy groups -OCH3 is 1. The third-order valence-electron chi connectivity index (χ3n) is 5.71. The number of carbonyl (C=O) groups is 1. The van der Waals surface area contributed by atoms with Gasteiger partial charge < -0.3 is 10.1 Å². The van der Waals surface area contributed by atoms with Crippen molar-refractivity contribution < 1.29 is 9.53 Å². The third-order valence-corrected chi connectivity index (χ3v) is 5.71. The topological polar surface area (TPSA) is 41.6 Å². The number of amides is 1. The standard InChI is InChI=1S/C24H32N2O2/c1-19-13-15-26(16-14-19)23(21-8-4-3-5-9-21)18-25-24(27)12-11-20-7-6-10-22(17-20)28-2/h3-10,17,19,23H,11-16,18H2,1-2H3,(H,25,27). The Balaban J connectivity index is 1.56. The lowest BCUT2D eigenvalue weighted by Gasteiger charge is -2.37. The summed E-state index contributed by atoms with van der Waals surface area (Å²) in [6, 6.07) is 18.7. The number of rotatable bonds is 8. The number of hydrogen-bond donors (Lipinski definition) is 1. The third kappa shape index (κ3) is 5.83. The molecule has 4 heteroatoms. The van der Waals surface area contributed by atoms with E-state index in [2.05, 4.69) is 41.4 Å². The van der Waals surface area contributed by atoms with Gasteiger partial charge in [-0.2, -0.15) is 0 Å². The molecule has 3 rings (SSSR count). The van der Waals surface area contributed by atoms with Gasteiger partial charge in [0.15, 0.2) is 0 Å². The minimum absolute atomic E-state index is 0.106. The molecule has 1 aliphatic rings. The van der Waals surface area contributed by atoms with E-state index >= 15 is 0 Å². The molecule has 1 heterocycles. The van der Waals surface area contributed by atoms with E-state index in [-0.39, 0.29) is 11.9 Å². The van der Waals surface area contributed by atoms with Crippen molar-refractivity contribution in [1.29, 1.82) is 0 Å². The van der Waals surface area contributed by atoms with Crippen LogP contribution in [0.4, 0.5) is 0 Å². The second-order valence-electron chi connectivity index (χ2n) is 7.80. The largest absolute Gasteiger partial charge is 0.497 e. The molecule has 1 unspecified atom stereocenters. The molecule has 1 amide bonds. The van der Waals surface area contributed by atoms with Crippen LogP contribution in [-0.2, 0) is 11.2 Å². The number of carbonyl (C=O) groups excluding carboxylic acids is 1. The van der Waals surface area contributed by atoms with Crippen LogP contribution in [0.2, 0.25) is 0 Å². The van der Waals surface area contributed by atoms with Gasteiger partial charge in [0, 0.05) is 13.0 Å². The smallest absolute Gasteiger partial charge is 0.220 e. The summed E-state index contributed by atoms with van der Waals surface area (Å²) >= 11 is 0. The summed E-state index contributed by atoms with van der Waals surface area (Å²) in [4.78, 5) is 15.0. The summed E-state index contributed by atoms with van der Waals surface area (Å²) in [5.74, 6) is 1.74. The van der Waals surface area contributed by atoms with E-state index in [4.69, 9.17) is 4.74 Å². The molecular weight excluding hydrogens is 348 g/mol. The monoisotopic (exact) mass is 380 g/mol. The maximum absolute atomic E-state index is 12.5. The van der Waals surface area contributed by atoms with Gasteiger partial charge in [-0.25, -0.2) is 0 Å². The molecule has 1 saturated heterocycles. The second kappa shape index (κ2) is 10.3. The van der Waals surface area contributed by atoms with Crippen LogP contribution < -0.4 is 10.1 Å². The zero-order valence-electron chi connectivity index (χ0n) is 17.1. The first-order valence-corrected chi connectivity index (χ1v) is 10.3. The lowest BCUT2D eigenvalue weighted by atomic mass is 9.95. The number of ether oxygens (including phenoxy) is 1. The van der Waals surface area contributed by atoms with Gasteiger partial charge in [0.2, 0.25) is 5.91 Å². The van der Waals surface area contributed by atoms with Crippen molar-refractivity contribution in [3.8, 4) is 5.75 Å². The van der Waals surface area contributed by atoms with Crippen LogP contribution in [0.15, 0.2) is 54.6 Å². The summed E-state index contributed by atoms with van der Waals surface area (Å²) in [5, 5.41) is 3.18. The number of piperidine rings is 1.